The van der Waals surface area contributed by atoms with Crippen molar-refractivity contribution in [2.45, 2.75) is 45.6 Å². The number of nitrogens with one attached hydrogen (secondary N) is 2. The van der Waals surface area contributed by atoms with Crippen LogP contribution in [0.4, 0.5) is 16.8 Å². The first-order valence-corrected chi connectivity index (χ1v) is 13.5. The van der Waals surface area contributed by atoms with Gasteiger partial charge in [0.1, 0.15) is 5.82 Å². The quantitative estimate of drug-likeness (QED) is 0.514. The number of rotatable bonds is 5. The minimum Gasteiger partial charge on any atom is -0.366 e. The molecule has 0 unspecified atom stereocenters. The van der Waals surface area contributed by atoms with E-state index in [-0.39, 0.29) is 5.91 Å². The number of thiophene rings is 2. The van der Waals surface area contributed by atoms with Gasteiger partial charge in [0.05, 0.1) is 20.8 Å². The highest BCUT2D eigenvalue weighted by Crippen LogP contribution is 2.37. The molecule has 0 atom stereocenters. The number of hydrogen-bond donors (Lipinski definition) is 2. The smallest absolute Gasteiger partial charge is 0.254 e. The zero-order chi connectivity index (χ0) is 23.0. The second-order valence-electron chi connectivity index (χ2n) is 10.0. The van der Waals surface area contributed by atoms with Gasteiger partial charge >= 0.3 is 0 Å². The average molecular weight is 485 g/mol. The van der Waals surface area contributed by atoms with Crippen LogP contribution in [0.1, 0.15) is 49.9 Å². The van der Waals surface area contributed by atoms with Crippen LogP contribution in [0, 0.1) is 5.41 Å². The number of amides is 1. The minimum atomic E-state index is 0.101. The number of hydrogen-bond acceptors (Lipinski definition) is 8. The van der Waals surface area contributed by atoms with E-state index in [9.17, 15) is 4.79 Å². The summed E-state index contributed by atoms with van der Waals surface area (Å²) in [6, 6.07) is 4.40. The van der Waals surface area contributed by atoms with Crippen molar-refractivity contribution in [1.82, 2.24) is 19.8 Å². The molecule has 5 rings (SSSR count). The van der Waals surface area contributed by atoms with E-state index in [2.05, 4.69) is 41.8 Å². The summed E-state index contributed by atoms with van der Waals surface area (Å²) < 4.78 is 1.10. The highest BCUT2D eigenvalue weighted by atomic mass is 32.1. The zero-order valence-electron chi connectivity index (χ0n) is 19.6. The van der Waals surface area contributed by atoms with Crippen LogP contribution in [-0.4, -0.2) is 64.9 Å². The van der Waals surface area contributed by atoms with Crippen molar-refractivity contribution in [3.8, 4) is 0 Å². The molecule has 0 bridgehead atoms. The maximum absolute atomic E-state index is 12.9. The molecule has 2 fully saturated rings. The topological polar surface area (TPSA) is 73.4 Å². The van der Waals surface area contributed by atoms with E-state index < -0.39 is 0 Å². The largest absolute Gasteiger partial charge is 0.366 e. The molecule has 9 heteroatoms. The molecule has 0 spiro atoms. The van der Waals surface area contributed by atoms with Gasteiger partial charge in [0.25, 0.3) is 5.91 Å². The van der Waals surface area contributed by atoms with Crippen LogP contribution in [0.3, 0.4) is 0 Å². The van der Waals surface area contributed by atoms with Crippen molar-refractivity contribution in [1.29, 1.82) is 0 Å². The molecule has 4 heterocycles. The molecule has 1 saturated carbocycles. The predicted octanol–water partition coefficient (Wildman–Crippen LogP) is 5.26. The highest BCUT2D eigenvalue weighted by Gasteiger charge is 2.27. The van der Waals surface area contributed by atoms with Gasteiger partial charge in [-0.2, -0.15) is 4.98 Å². The molecule has 0 aromatic carbocycles. The van der Waals surface area contributed by atoms with Gasteiger partial charge in [0, 0.05) is 37.6 Å². The summed E-state index contributed by atoms with van der Waals surface area (Å²) in [6.07, 6.45) is 4.78. The van der Waals surface area contributed by atoms with Crippen molar-refractivity contribution in [3.63, 3.8) is 0 Å². The minimum absolute atomic E-state index is 0.101. The number of piperazine rings is 1. The van der Waals surface area contributed by atoms with E-state index in [1.165, 1.54) is 24.2 Å². The molecule has 2 N–H and O–H groups in total. The lowest BCUT2D eigenvalue weighted by Gasteiger charge is -2.34. The lowest BCUT2D eigenvalue weighted by Crippen LogP contribution is -2.47. The Labute approximate surface area is 203 Å². The zero-order valence-corrected chi connectivity index (χ0v) is 21.2. The third kappa shape index (κ3) is 5.15. The van der Waals surface area contributed by atoms with E-state index in [4.69, 9.17) is 9.97 Å². The molecule has 1 aliphatic heterocycles. The fraction of sp³-hybridized carbons (Fsp3) is 0.542. The first kappa shape index (κ1) is 22.6. The maximum Gasteiger partial charge on any atom is 0.254 e. The fourth-order valence-corrected chi connectivity index (χ4v) is 6.12. The standard InChI is InChI=1S/C24H32N6OS2/c1-24(2)7-4-17(5-8-24)25-21-20-18(6-13-32-20)26-23(28-21)27-19-14-16(15-33-19)22(31)30-11-9-29(3)10-12-30/h6,13-15,17H,4-5,7-12H2,1-3H3,(H2,25,26,27,28). The number of likely N-dealkylation sites (N-methyl/N-ethyl adjacent to an activating group) is 1. The molecule has 176 valence electrons. The molecular weight excluding hydrogens is 452 g/mol. The molecule has 1 amide bonds. The van der Waals surface area contributed by atoms with E-state index in [0.717, 1.165) is 65.6 Å². The maximum atomic E-state index is 12.9. The molecule has 1 saturated heterocycles. The molecule has 33 heavy (non-hydrogen) atoms. The van der Waals surface area contributed by atoms with Crippen LogP contribution in [0.25, 0.3) is 10.2 Å². The number of carbonyl (C=O) groups excluding carboxylic acids is 1. The molecule has 0 radical (unpaired) electrons. The molecular formula is C24H32N6OS2. The Balaban J connectivity index is 1.30. The van der Waals surface area contributed by atoms with Crippen molar-refractivity contribution >= 4 is 55.6 Å². The van der Waals surface area contributed by atoms with Gasteiger partial charge in [0.15, 0.2) is 0 Å². The lowest BCUT2D eigenvalue weighted by molar-refractivity contribution is 0.0664. The van der Waals surface area contributed by atoms with Crippen LogP contribution >= 0.6 is 22.7 Å². The van der Waals surface area contributed by atoms with Crippen molar-refractivity contribution < 1.29 is 4.79 Å². The van der Waals surface area contributed by atoms with E-state index in [1.807, 2.05) is 22.4 Å². The molecule has 3 aromatic rings. The van der Waals surface area contributed by atoms with E-state index in [0.29, 0.717) is 17.4 Å². The van der Waals surface area contributed by atoms with Crippen molar-refractivity contribution in [2.24, 2.45) is 5.41 Å². The van der Waals surface area contributed by atoms with Crippen LogP contribution < -0.4 is 10.6 Å². The Morgan fingerprint density at radius 2 is 1.88 bits per heavy atom. The number of carbonyl (C=O) groups is 1. The first-order valence-electron chi connectivity index (χ1n) is 11.7. The Hall–Kier alpha value is -2.23. The monoisotopic (exact) mass is 484 g/mol. The summed E-state index contributed by atoms with van der Waals surface area (Å²) in [7, 11) is 2.09. The highest BCUT2D eigenvalue weighted by molar-refractivity contribution is 7.17. The van der Waals surface area contributed by atoms with Gasteiger partial charge in [-0.15, -0.1) is 22.7 Å². The van der Waals surface area contributed by atoms with E-state index in [1.54, 1.807) is 11.3 Å². The number of fused-ring (bicyclic) bond motifs is 1. The van der Waals surface area contributed by atoms with Crippen molar-refractivity contribution in [2.75, 3.05) is 43.9 Å². The Morgan fingerprint density at radius 1 is 1.12 bits per heavy atom. The molecule has 2 aliphatic rings. The van der Waals surface area contributed by atoms with Gasteiger partial charge in [-0.05, 0) is 55.7 Å². The fourth-order valence-electron chi connectivity index (χ4n) is 4.57. The third-order valence-electron chi connectivity index (χ3n) is 6.86. The summed E-state index contributed by atoms with van der Waals surface area (Å²) >= 11 is 3.19. The van der Waals surface area contributed by atoms with Gasteiger partial charge in [-0.1, -0.05) is 13.8 Å². The summed E-state index contributed by atoms with van der Waals surface area (Å²) in [5.41, 5.74) is 2.11. The average Bonchev–Trinajstić information content (AvgIpc) is 3.45. The number of anilines is 3. The summed E-state index contributed by atoms with van der Waals surface area (Å²) in [5.74, 6) is 1.58. The first-order chi connectivity index (χ1) is 15.9. The third-order valence-corrected chi connectivity index (χ3v) is 8.61. The molecule has 3 aromatic heterocycles. The van der Waals surface area contributed by atoms with Crippen LogP contribution in [-0.2, 0) is 0 Å². The van der Waals surface area contributed by atoms with Gasteiger partial charge in [-0.25, -0.2) is 4.98 Å². The van der Waals surface area contributed by atoms with Crippen LogP contribution in [0.15, 0.2) is 22.9 Å². The Morgan fingerprint density at radius 3 is 2.64 bits per heavy atom. The van der Waals surface area contributed by atoms with Gasteiger partial charge in [-0.3, -0.25) is 4.79 Å². The predicted molar refractivity (Wildman–Crippen MR) is 138 cm³/mol. The normalized spacial score (nSPS) is 19.7. The van der Waals surface area contributed by atoms with Crippen LogP contribution in [0.5, 0.6) is 0 Å². The Bertz CT molecular complexity index is 1120. The summed E-state index contributed by atoms with van der Waals surface area (Å²) in [5, 5.41) is 11.9. The number of nitrogens with zero attached hydrogens (tertiary/aromatic N) is 4. The number of aromatic nitrogens is 2. The summed E-state index contributed by atoms with van der Waals surface area (Å²) in [4.78, 5) is 26.6. The van der Waals surface area contributed by atoms with E-state index >= 15 is 0 Å². The second-order valence-corrected chi connectivity index (χ2v) is 11.9. The molecule has 7 nitrogen and oxygen atoms in total. The lowest BCUT2D eigenvalue weighted by atomic mass is 9.75. The second kappa shape index (κ2) is 9.19. The Kier molecular flexibility index (Phi) is 6.28. The van der Waals surface area contributed by atoms with Crippen LogP contribution in [0.2, 0.25) is 0 Å². The van der Waals surface area contributed by atoms with Gasteiger partial charge in [0.2, 0.25) is 5.95 Å². The SMILES string of the molecule is CN1CCN(C(=O)c2csc(Nc3nc(NC4CCC(C)(C)CC4)c4sccc4n3)c2)CC1. The van der Waals surface area contributed by atoms with Gasteiger partial charge < -0.3 is 20.4 Å². The molecule has 1 aliphatic carbocycles. The summed E-state index contributed by atoms with van der Waals surface area (Å²) in [6.45, 7) is 8.11. The van der Waals surface area contributed by atoms with Crippen molar-refractivity contribution in [3.05, 3.63) is 28.5 Å².